The summed E-state index contributed by atoms with van der Waals surface area (Å²) < 4.78 is 11.1. The van der Waals surface area contributed by atoms with E-state index in [4.69, 9.17) is 9.47 Å². The number of amides is 1. The van der Waals surface area contributed by atoms with Gasteiger partial charge in [-0.3, -0.25) is 4.79 Å². The molecule has 23 heavy (non-hydrogen) atoms. The minimum absolute atomic E-state index is 0.0622. The summed E-state index contributed by atoms with van der Waals surface area (Å²) in [5.41, 5.74) is 3.37. The van der Waals surface area contributed by atoms with Crippen molar-refractivity contribution < 1.29 is 14.3 Å². The Morgan fingerprint density at radius 2 is 2.13 bits per heavy atom. The third-order valence-electron chi connectivity index (χ3n) is 4.07. The Bertz CT molecular complexity index is 687. The maximum Gasteiger partial charge on any atom is 0.261 e. The quantitative estimate of drug-likeness (QED) is 0.923. The number of hydrogen-bond donors (Lipinski definition) is 1. The lowest BCUT2D eigenvalue weighted by Crippen LogP contribution is -2.38. The predicted octanol–water partition coefficient (Wildman–Crippen LogP) is 2.67. The molecule has 1 N–H and O–H groups in total. The number of carbonyl (C=O) groups excluding carboxylic acids is 1. The molecule has 3 rings (SSSR count). The van der Waals surface area contributed by atoms with Crippen LogP contribution in [0.4, 0.5) is 0 Å². The van der Waals surface area contributed by atoms with Crippen molar-refractivity contribution in [2.24, 2.45) is 0 Å². The number of rotatable bonds is 5. The molecule has 1 atom stereocenters. The lowest BCUT2D eigenvalue weighted by molar-refractivity contribution is -0.127. The molecule has 4 heteroatoms. The maximum atomic E-state index is 12.3. The highest BCUT2D eigenvalue weighted by atomic mass is 16.5. The zero-order valence-corrected chi connectivity index (χ0v) is 13.5. The van der Waals surface area contributed by atoms with Crippen LogP contribution in [0.3, 0.4) is 0 Å². The Balaban J connectivity index is 1.54. The molecule has 0 radical (unpaired) electrons. The number of para-hydroxylation sites is 1. The van der Waals surface area contributed by atoms with Crippen LogP contribution in [0, 0.1) is 6.92 Å². The molecule has 1 aliphatic rings. The molecule has 0 bridgehead atoms. The van der Waals surface area contributed by atoms with Gasteiger partial charge in [-0.1, -0.05) is 35.9 Å². The normalized spacial score (nSPS) is 15.7. The second-order valence-electron chi connectivity index (χ2n) is 5.77. The van der Waals surface area contributed by atoms with Gasteiger partial charge < -0.3 is 14.8 Å². The average Bonchev–Trinajstić information content (AvgIpc) is 2.99. The van der Waals surface area contributed by atoms with E-state index in [0.717, 1.165) is 29.0 Å². The fourth-order valence-corrected chi connectivity index (χ4v) is 2.87. The fraction of sp³-hybridized carbons (Fsp3) is 0.316. The first-order chi connectivity index (χ1) is 11.2. The van der Waals surface area contributed by atoms with Gasteiger partial charge in [0.1, 0.15) is 11.5 Å². The molecular weight excluding hydrogens is 290 g/mol. The number of nitrogens with one attached hydrogen (secondary N) is 1. The largest absolute Gasteiger partial charge is 0.496 e. The summed E-state index contributed by atoms with van der Waals surface area (Å²) in [5, 5.41) is 2.96. The molecule has 0 fully saturated rings. The van der Waals surface area contributed by atoms with E-state index in [0.29, 0.717) is 13.0 Å². The summed E-state index contributed by atoms with van der Waals surface area (Å²) in [6.45, 7) is 2.61. The number of methoxy groups -OCH3 is 1. The minimum Gasteiger partial charge on any atom is -0.496 e. The highest BCUT2D eigenvalue weighted by Gasteiger charge is 2.28. The molecule has 4 nitrogen and oxygen atoms in total. The minimum atomic E-state index is -0.424. The lowest BCUT2D eigenvalue weighted by Gasteiger charge is -2.13. The van der Waals surface area contributed by atoms with Gasteiger partial charge >= 0.3 is 0 Å². The third-order valence-corrected chi connectivity index (χ3v) is 4.07. The molecule has 120 valence electrons. The Hall–Kier alpha value is -2.49. The van der Waals surface area contributed by atoms with Crippen LogP contribution >= 0.6 is 0 Å². The standard InChI is InChI=1S/C19H21NO3/c1-13-7-8-16(22-2)15(11-13)9-10-20-19(21)18-12-14-5-3-4-6-17(14)23-18/h3-8,11,18H,9-10,12H2,1-2H3,(H,20,21). The van der Waals surface area contributed by atoms with Gasteiger partial charge in [0.15, 0.2) is 6.10 Å². The molecule has 0 saturated carbocycles. The van der Waals surface area contributed by atoms with Gasteiger partial charge in [-0.25, -0.2) is 0 Å². The van der Waals surface area contributed by atoms with E-state index in [9.17, 15) is 4.79 Å². The van der Waals surface area contributed by atoms with E-state index in [1.807, 2.05) is 43.3 Å². The summed E-state index contributed by atoms with van der Waals surface area (Å²) in [6.07, 6.45) is 0.943. The zero-order valence-electron chi connectivity index (χ0n) is 13.5. The van der Waals surface area contributed by atoms with Crippen LogP contribution in [0.5, 0.6) is 11.5 Å². The van der Waals surface area contributed by atoms with Gasteiger partial charge in [0.05, 0.1) is 7.11 Å². The maximum absolute atomic E-state index is 12.3. The Morgan fingerprint density at radius 3 is 2.91 bits per heavy atom. The van der Waals surface area contributed by atoms with Crippen molar-refractivity contribution in [1.29, 1.82) is 0 Å². The summed E-state index contributed by atoms with van der Waals surface area (Å²) >= 11 is 0. The summed E-state index contributed by atoms with van der Waals surface area (Å²) in [6, 6.07) is 13.9. The van der Waals surface area contributed by atoms with E-state index in [-0.39, 0.29) is 5.91 Å². The number of benzene rings is 2. The first-order valence-electron chi connectivity index (χ1n) is 7.83. The molecule has 1 unspecified atom stereocenters. The fourth-order valence-electron chi connectivity index (χ4n) is 2.87. The van der Waals surface area contributed by atoms with E-state index in [2.05, 4.69) is 11.4 Å². The van der Waals surface area contributed by atoms with Crippen molar-refractivity contribution >= 4 is 5.91 Å². The second kappa shape index (κ2) is 6.73. The summed E-state index contributed by atoms with van der Waals surface area (Å²) in [5.74, 6) is 1.61. The Morgan fingerprint density at radius 1 is 1.30 bits per heavy atom. The molecule has 0 aromatic heterocycles. The van der Waals surface area contributed by atoms with Gasteiger partial charge in [-0.15, -0.1) is 0 Å². The van der Waals surface area contributed by atoms with Gasteiger partial charge in [-0.2, -0.15) is 0 Å². The van der Waals surface area contributed by atoms with Gasteiger partial charge in [0.2, 0.25) is 0 Å². The third kappa shape index (κ3) is 3.47. The highest BCUT2D eigenvalue weighted by Crippen LogP contribution is 2.28. The average molecular weight is 311 g/mol. The molecule has 1 amide bonds. The van der Waals surface area contributed by atoms with Gasteiger partial charge in [0.25, 0.3) is 5.91 Å². The van der Waals surface area contributed by atoms with Gasteiger partial charge in [0, 0.05) is 13.0 Å². The van der Waals surface area contributed by atoms with Crippen molar-refractivity contribution in [2.75, 3.05) is 13.7 Å². The molecule has 0 spiro atoms. The highest BCUT2D eigenvalue weighted by molar-refractivity contribution is 5.82. The first kappa shape index (κ1) is 15.4. The molecular formula is C19H21NO3. The Labute approximate surface area is 136 Å². The smallest absolute Gasteiger partial charge is 0.261 e. The number of ether oxygens (including phenoxy) is 2. The van der Waals surface area contributed by atoms with Crippen LogP contribution in [-0.4, -0.2) is 25.7 Å². The molecule has 1 heterocycles. The van der Waals surface area contributed by atoms with E-state index in [1.165, 1.54) is 5.56 Å². The number of aryl methyl sites for hydroxylation is 1. The van der Waals surface area contributed by atoms with Crippen LogP contribution in [0.2, 0.25) is 0 Å². The van der Waals surface area contributed by atoms with Crippen molar-refractivity contribution in [3.05, 3.63) is 59.2 Å². The predicted molar refractivity (Wildman–Crippen MR) is 89.0 cm³/mol. The van der Waals surface area contributed by atoms with E-state index < -0.39 is 6.10 Å². The first-order valence-corrected chi connectivity index (χ1v) is 7.83. The zero-order chi connectivity index (χ0) is 16.2. The molecule has 2 aromatic rings. The molecule has 0 aliphatic carbocycles. The molecule has 2 aromatic carbocycles. The van der Waals surface area contributed by atoms with Crippen molar-refractivity contribution in [3.63, 3.8) is 0 Å². The van der Waals surface area contributed by atoms with Gasteiger partial charge in [-0.05, 0) is 36.6 Å². The summed E-state index contributed by atoms with van der Waals surface area (Å²) in [7, 11) is 1.66. The summed E-state index contributed by atoms with van der Waals surface area (Å²) in [4.78, 5) is 12.3. The van der Waals surface area contributed by atoms with Crippen LogP contribution < -0.4 is 14.8 Å². The van der Waals surface area contributed by atoms with Crippen molar-refractivity contribution in [2.45, 2.75) is 25.9 Å². The number of carbonyl (C=O) groups is 1. The topological polar surface area (TPSA) is 47.6 Å². The van der Waals surface area contributed by atoms with Crippen LogP contribution in [0.15, 0.2) is 42.5 Å². The lowest BCUT2D eigenvalue weighted by atomic mass is 10.1. The number of fused-ring (bicyclic) bond motifs is 1. The molecule has 0 saturated heterocycles. The van der Waals surface area contributed by atoms with Crippen LogP contribution in [0.25, 0.3) is 0 Å². The Kier molecular flexibility index (Phi) is 4.51. The second-order valence-corrected chi connectivity index (χ2v) is 5.77. The SMILES string of the molecule is COc1ccc(C)cc1CCNC(=O)C1Cc2ccccc2O1. The van der Waals surface area contributed by atoms with E-state index in [1.54, 1.807) is 7.11 Å². The monoisotopic (exact) mass is 311 g/mol. The van der Waals surface area contributed by atoms with Crippen molar-refractivity contribution in [3.8, 4) is 11.5 Å². The van der Waals surface area contributed by atoms with Crippen LogP contribution in [-0.2, 0) is 17.6 Å². The van der Waals surface area contributed by atoms with Crippen LogP contribution in [0.1, 0.15) is 16.7 Å². The van der Waals surface area contributed by atoms with Crippen molar-refractivity contribution in [1.82, 2.24) is 5.32 Å². The van der Waals surface area contributed by atoms with E-state index >= 15 is 0 Å². The molecule has 1 aliphatic heterocycles. The number of hydrogen-bond acceptors (Lipinski definition) is 3.